The molecule has 0 saturated carbocycles. The molecule has 84 valence electrons. The van der Waals surface area contributed by atoms with E-state index in [4.69, 9.17) is 5.84 Å². The molecule has 0 bridgehead atoms. The molecule has 0 radical (unpaired) electrons. The number of nitrogens with zero attached hydrogens (tertiary/aromatic N) is 3. The predicted molar refractivity (Wildman–Crippen MR) is 56.6 cm³/mol. The summed E-state index contributed by atoms with van der Waals surface area (Å²) in [6, 6.07) is 2.84. The van der Waals surface area contributed by atoms with Crippen molar-refractivity contribution in [3.63, 3.8) is 0 Å². The number of hydrazine groups is 1. The Morgan fingerprint density at radius 2 is 2.31 bits per heavy atom. The first-order chi connectivity index (χ1) is 7.70. The van der Waals surface area contributed by atoms with Crippen molar-refractivity contribution in [2.75, 3.05) is 0 Å². The fourth-order valence-corrected chi connectivity index (χ4v) is 1.53. The topological polar surface area (TPSA) is 68.8 Å². The second-order valence-corrected chi connectivity index (χ2v) is 3.45. The third-order valence-corrected chi connectivity index (χ3v) is 2.26. The highest BCUT2D eigenvalue weighted by molar-refractivity contribution is 5.24. The molecule has 2 aromatic rings. The summed E-state index contributed by atoms with van der Waals surface area (Å²) < 4.78 is 14.7. The molecule has 3 N–H and O–H groups in total. The Morgan fingerprint density at radius 3 is 2.88 bits per heavy atom. The molecule has 2 aromatic heterocycles. The average molecular weight is 221 g/mol. The number of rotatable bonds is 3. The van der Waals surface area contributed by atoms with Crippen LogP contribution in [0, 0.1) is 5.82 Å². The van der Waals surface area contributed by atoms with Gasteiger partial charge in [0.25, 0.3) is 0 Å². The van der Waals surface area contributed by atoms with Gasteiger partial charge >= 0.3 is 0 Å². The van der Waals surface area contributed by atoms with Crippen molar-refractivity contribution in [1.82, 2.24) is 20.2 Å². The van der Waals surface area contributed by atoms with E-state index >= 15 is 0 Å². The maximum atomic E-state index is 13.0. The Hall–Kier alpha value is -1.79. The lowest BCUT2D eigenvalue weighted by Gasteiger charge is -2.13. The molecule has 1 unspecified atom stereocenters. The van der Waals surface area contributed by atoms with E-state index in [1.807, 2.05) is 6.07 Å². The molecule has 0 aromatic carbocycles. The molecule has 0 fully saturated rings. The Kier molecular flexibility index (Phi) is 2.93. The number of aryl methyl sites for hydroxylation is 1. The Morgan fingerprint density at radius 1 is 1.50 bits per heavy atom. The lowest BCUT2D eigenvalue weighted by Crippen LogP contribution is -2.29. The highest BCUT2D eigenvalue weighted by Gasteiger charge is 2.15. The van der Waals surface area contributed by atoms with Crippen molar-refractivity contribution in [2.24, 2.45) is 12.9 Å². The fraction of sp³-hybridized carbons (Fsp3) is 0.200. The number of pyridine rings is 1. The van der Waals surface area contributed by atoms with Gasteiger partial charge in [-0.25, -0.2) is 9.82 Å². The van der Waals surface area contributed by atoms with Gasteiger partial charge in [0.1, 0.15) is 5.82 Å². The van der Waals surface area contributed by atoms with Gasteiger partial charge in [0.2, 0.25) is 0 Å². The van der Waals surface area contributed by atoms with Crippen molar-refractivity contribution in [3.8, 4) is 0 Å². The van der Waals surface area contributed by atoms with Gasteiger partial charge in [-0.15, -0.1) is 0 Å². The second-order valence-electron chi connectivity index (χ2n) is 3.45. The van der Waals surface area contributed by atoms with Gasteiger partial charge < -0.3 is 0 Å². The van der Waals surface area contributed by atoms with Crippen LogP contribution in [0.3, 0.4) is 0 Å². The lowest BCUT2D eigenvalue weighted by molar-refractivity contribution is 0.583. The van der Waals surface area contributed by atoms with E-state index in [2.05, 4.69) is 15.5 Å². The Balaban J connectivity index is 2.36. The predicted octanol–water partition coefficient (Wildman–Crippen LogP) is 0.507. The maximum absolute atomic E-state index is 13.0. The number of aromatic nitrogens is 3. The van der Waals surface area contributed by atoms with Crippen molar-refractivity contribution in [2.45, 2.75) is 6.04 Å². The van der Waals surface area contributed by atoms with Gasteiger partial charge in [0.15, 0.2) is 0 Å². The zero-order valence-electron chi connectivity index (χ0n) is 8.76. The first kappa shape index (κ1) is 10.7. The number of nitrogens with two attached hydrogens (primary N) is 1. The van der Waals surface area contributed by atoms with E-state index in [0.29, 0.717) is 5.56 Å². The molecule has 0 amide bonds. The third-order valence-electron chi connectivity index (χ3n) is 2.26. The smallest absolute Gasteiger partial charge is 0.141 e. The second kappa shape index (κ2) is 4.38. The van der Waals surface area contributed by atoms with E-state index in [1.165, 1.54) is 6.07 Å². The molecular formula is C10H12FN5. The minimum Gasteiger partial charge on any atom is -0.275 e. The van der Waals surface area contributed by atoms with E-state index in [1.54, 1.807) is 24.1 Å². The van der Waals surface area contributed by atoms with Gasteiger partial charge in [-0.05, 0) is 17.7 Å². The molecule has 16 heavy (non-hydrogen) atoms. The molecular weight excluding hydrogens is 209 g/mol. The van der Waals surface area contributed by atoms with Gasteiger partial charge in [-0.2, -0.15) is 5.10 Å². The van der Waals surface area contributed by atoms with Crippen LogP contribution in [-0.4, -0.2) is 14.8 Å². The fourth-order valence-electron chi connectivity index (χ4n) is 1.53. The van der Waals surface area contributed by atoms with Gasteiger partial charge in [0, 0.05) is 19.4 Å². The summed E-state index contributed by atoms with van der Waals surface area (Å²) in [5, 5.41) is 4.21. The van der Waals surface area contributed by atoms with Crippen molar-refractivity contribution in [1.29, 1.82) is 0 Å². The molecule has 0 spiro atoms. The van der Waals surface area contributed by atoms with Gasteiger partial charge in [-0.1, -0.05) is 0 Å². The third kappa shape index (κ3) is 2.07. The SMILES string of the molecule is Cn1ccc(C(NN)c2cncc(F)c2)n1. The van der Waals surface area contributed by atoms with Crippen LogP contribution in [0.1, 0.15) is 17.3 Å². The van der Waals surface area contributed by atoms with Crippen molar-refractivity contribution < 1.29 is 4.39 Å². The van der Waals surface area contributed by atoms with Crippen LogP contribution in [0.4, 0.5) is 4.39 Å². The van der Waals surface area contributed by atoms with Crippen LogP contribution in [0.15, 0.2) is 30.7 Å². The van der Waals surface area contributed by atoms with Gasteiger partial charge in [0.05, 0.1) is 17.9 Å². The summed E-state index contributed by atoms with van der Waals surface area (Å²) in [5.74, 6) is 5.05. The Labute approximate surface area is 92.1 Å². The molecule has 0 aliphatic rings. The molecule has 5 nitrogen and oxygen atoms in total. The summed E-state index contributed by atoms with van der Waals surface area (Å²) in [5.41, 5.74) is 3.95. The van der Waals surface area contributed by atoms with Crippen LogP contribution in [0.5, 0.6) is 0 Å². The minimum absolute atomic E-state index is 0.357. The van der Waals surface area contributed by atoms with E-state index in [0.717, 1.165) is 11.9 Å². The molecule has 2 rings (SSSR count). The summed E-state index contributed by atoms with van der Waals surface area (Å²) in [4.78, 5) is 3.78. The molecule has 0 saturated heterocycles. The van der Waals surface area contributed by atoms with E-state index in [-0.39, 0.29) is 6.04 Å². The zero-order valence-corrected chi connectivity index (χ0v) is 8.76. The van der Waals surface area contributed by atoms with Crippen molar-refractivity contribution in [3.05, 3.63) is 47.8 Å². The highest BCUT2D eigenvalue weighted by Crippen LogP contribution is 2.19. The van der Waals surface area contributed by atoms with Gasteiger partial charge in [-0.3, -0.25) is 15.5 Å². The standard InChI is InChI=1S/C10H12FN5/c1-16-3-2-9(15-16)10(14-12)7-4-8(11)6-13-5-7/h2-6,10,14H,12H2,1H3. The number of nitrogens with one attached hydrogen (secondary N) is 1. The Bertz CT molecular complexity index is 482. The normalized spacial score (nSPS) is 12.7. The first-order valence-electron chi connectivity index (χ1n) is 4.77. The molecule has 0 aliphatic heterocycles. The average Bonchev–Trinajstić information content (AvgIpc) is 2.66. The van der Waals surface area contributed by atoms with Crippen LogP contribution < -0.4 is 11.3 Å². The highest BCUT2D eigenvalue weighted by atomic mass is 19.1. The first-order valence-corrected chi connectivity index (χ1v) is 4.77. The quantitative estimate of drug-likeness (QED) is 0.585. The summed E-state index contributed by atoms with van der Waals surface area (Å²) >= 11 is 0. The van der Waals surface area contributed by atoms with E-state index < -0.39 is 5.82 Å². The van der Waals surface area contributed by atoms with Crippen LogP contribution in [-0.2, 0) is 7.05 Å². The molecule has 0 aliphatic carbocycles. The van der Waals surface area contributed by atoms with Crippen LogP contribution in [0.2, 0.25) is 0 Å². The summed E-state index contributed by atoms with van der Waals surface area (Å²) in [6.45, 7) is 0. The van der Waals surface area contributed by atoms with Crippen LogP contribution in [0.25, 0.3) is 0 Å². The molecule has 2 heterocycles. The largest absolute Gasteiger partial charge is 0.275 e. The molecule has 1 atom stereocenters. The summed E-state index contributed by atoms with van der Waals surface area (Å²) in [7, 11) is 1.81. The monoisotopic (exact) mass is 221 g/mol. The lowest BCUT2D eigenvalue weighted by atomic mass is 10.1. The zero-order chi connectivity index (χ0) is 11.5. The molecule has 6 heteroatoms. The number of hydrogen-bond acceptors (Lipinski definition) is 4. The van der Waals surface area contributed by atoms with Crippen molar-refractivity contribution >= 4 is 0 Å². The summed E-state index contributed by atoms with van der Waals surface area (Å²) in [6.07, 6.45) is 4.50. The minimum atomic E-state index is -0.395. The van der Waals surface area contributed by atoms with E-state index in [9.17, 15) is 4.39 Å². The number of halogens is 1. The van der Waals surface area contributed by atoms with Crippen LogP contribution >= 0.6 is 0 Å². The maximum Gasteiger partial charge on any atom is 0.141 e. The number of hydrogen-bond donors (Lipinski definition) is 2.